The van der Waals surface area contributed by atoms with E-state index in [4.69, 9.17) is 0 Å². The van der Waals surface area contributed by atoms with Crippen LogP contribution in [0.1, 0.15) is 11.1 Å². The third-order valence-corrected chi connectivity index (χ3v) is 15.1. The van der Waals surface area contributed by atoms with E-state index in [2.05, 4.69) is 76.3 Å². The van der Waals surface area contributed by atoms with Crippen LogP contribution in [-0.4, -0.2) is 103 Å². The Morgan fingerprint density at radius 3 is 1.52 bits per heavy atom. The summed E-state index contributed by atoms with van der Waals surface area (Å²) in [6.45, 7) is 11.7. The zero-order chi connectivity index (χ0) is 17.8. The predicted molar refractivity (Wildman–Crippen MR) is 115 cm³/mol. The molecule has 7 heteroatoms. The molecular formula is C18H29BiBr2N4. The second-order valence-corrected chi connectivity index (χ2v) is 31.7. The van der Waals surface area contributed by atoms with Crippen LogP contribution in [0.4, 0.5) is 0 Å². The third-order valence-electron chi connectivity index (χ3n) is 5.35. The monoisotopic (exact) mass is 668 g/mol. The van der Waals surface area contributed by atoms with Gasteiger partial charge in [0, 0.05) is 0 Å². The summed E-state index contributed by atoms with van der Waals surface area (Å²) >= 11 is 6.10. The Kier molecular flexibility index (Phi) is 8.17. The molecule has 2 aliphatic heterocycles. The molecule has 0 saturated carbocycles. The normalized spacial score (nSPS) is 22.0. The summed E-state index contributed by atoms with van der Waals surface area (Å²) in [5, 5.41) is 0. The van der Waals surface area contributed by atoms with E-state index >= 15 is 0 Å². The summed E-state index contributed by atoms with van der Waals surface area (Å²) in [7, 11) is 4.45. The Morgan fingerprint density at radius 2 is 1.16 bits per heavy atom. The molecule has 25 heavy (non-hydrogen) atoms. The number of nitrogens with zero attached hydrogens (tertiary/aromatic N) is 4. The first-order valence-electron chi connectivity index (χ1n) is 9.07. The molecule has 0 aliphatic carbocycles. The van der Waals surface area contributed by atoms with Gasteiger partial charge in [0.05, 0.1) is 0 Å². The van der Waals surface area contributed by atoms with Crippen molar-refractivity contribution >= 4 is 44.8 Å². The van der Waals surface area contributed by atoms with Crippen molar-refractivity contribution in [1.29, 1.82) is 0 Å². The molecule has 140 valence electrons. The molecule has 2 aliphatic rings. The van der Waals surface area contributed by atoms with Crippen molar-refractivity contribution < 1.29 is 0 Å². The van der Waals surface area contributed by atoms with Crippen LogP contribution in [0.5, 0.6) is 0 Å². The Labute approximate surface area is 172 Å². The van der Waals surface area contributed by atoms with Crippen LogP contribution in [-0.2, 0) is 13.1 Å². The Balaban J connectivity index is 1.72. The second kappa shape index (κ2) is 9.90. The van der Waals surface area contributed by atoms with Gasteiger partial charge in [-0.25, -0.2) is 0 Å². The van der Waals surface area contributed by atoms with Crippen LogP contribution in [0, 0.1) is 0 Å². The molecule has 4 nitrogen and oxygen atoms in total. The van der Waals surface area contributed by atoms with Crippen LogP contribution in [0.2, 0.25) is 0 Å². The molecule has 1 aromatic carbocycles. The van der Waals surface area contributed by atoms with E-state index in [0.717, 1.165) is 13.1 Å². The van der Waals surface area contributed by atoms with Crippen molar-refractivity contribution in [3.8, 4) is 0 Å². The van der Waals surface area contributed by atoms with Gasteiger partial charge in [-0.1, -0.05) is 0 Å². The molecule has 1 aromatic rings. The molecule has 0 spiro atoms. The number of piperazine rings is 2. The number of likely N-dealkylation sites (N-methyl/N-ethyl adjacent to an activating group) is 2. The summed E-state index contributed by atoms with van der Waals surface area (Å²) in [6, 6.07) is 6.98. The van der Waals surface area contributed by atoms with Gasteiger partial charge in [0.1, 0.15) is 0 Å². The second-order valence-electron chi connectivity index (χ2n) is 7.32. The molecule has 0 radical (unpaired) electrons. The molecule has 0 amide bonds. The van der Waals surface area contributed by atoms with Crippen molar-refractivity contribution in [2.45, 2.75) is 13.1 Å². The molecule has 0 atom stereocenters. The number of benzene rings is 1. The number of rotatable bonds is 5. The first kappa shape index (κ1) is 20.6. The molecule has 0 aromatic heterocycles. The molecule has 0 bridgehead atoms. The van der Waals surface area contributed by atoms with Gasteiger partial charge in [-0.3, -0.25) is 0 Å². The van der Waals surface area contributed by atoms with E-state index in [0.29, 0.717) is 0 Å². The maximum atomic E-state index is 4.00. The number of hydrogen-bond acceptors (Lipinski definition) is 4. The first-order valence-corrected chi connectivity index (χ1v) is 25.9. The fourth-order valence-electron chi connectivity index (χ4n) is 3.61. The Bertz CT molecular complexity index is 514. The van der Waals surface area contributed by atoms with Gasteiger partial charge in [-0.15, -0.1) is 0 Å². The topological polar surface area (TPSA) is 13.0 Å². The minimum absolute atomic E-state index is 1.10. The number of hydrogen-bond donors (Lipinski definition) is 0. The molecule has 3 rings (SSSR count). The van der Waals surface area contributed by atoms with Crippen LogP contribution in [0.3, 0.4) is 0 Å². The molecule has 0 N–H and O–H groups in total. The van der Waals surface area contributed by atoms with E-state index in [1.54, 1.807) is 14.4 Å². The van der Waals surface area contributed by atoms with Gasteiger partial charge < -0.3 is 0 Å². The van der Waals surface area contributed by atoms with E-state index in [1.807, 2.05) is 0 Å². The van der Waals surface area contributed by atoms with Crippen molar-refractivity contribution in [1.82, 2.24) is 19.6 Å². The van der Waals surface area contributed by atoms with E-state index in [9.17, 15) is 0 Å². The van der Waals surface area contributed by atoms with Gasteiger partial charge in [-0.2, -0.15) is 0 Å². The van der Waals surface area contributed by atoms with Crippen molar-refractivity contribution in [3.63, 3.8) is 0 Å². The van der Waals surface area contributed by atoms with Crippen LogP contribution >= 0.6 is 24.4 Å². The van der Waals surface area contributed by atoms with Crippen molar-refractivity contribution in [2.75, 3.05) is 66.5 Å². The average Bonchev–Trinajstić information content (AvgIpc) is 2.59. The summed E-state index contributed by atoms with van der Waals surface area (Å²) in [4.78, 5) is 10.1. The molecule has 0 unspecified atom stereocenters. The van der Waals surface area contributed by atoms with Crippen molar-refractivity contribution in [2.24, 2.45) is 0 Å². The van der Waals surface area contributed by atoms with E-state index in [-0.39, 0.29) is 0 Å². The summed E-state index contributed by atoms with van der Waals surface area (Å²) in [5.74, 6) is 0. The molecule has 2 heterocycles. The van der Waals surface area contributed by atoms with Crippen molar-refractivity contribution in [3.05, 3.63) is 29.3 Å². The fraction of sp³-hybridized carbons (Fsp3) is 0.667. The maximum absolute atomic E-state index is 4.00. The summed E-state index contributed by atoms with van der Waals surface area (Å²) in [5.41, 5.74) is 3.09. The van der Waals surface area contributed by atoms with Gasteiger partial charge in [0.15, 0.2) is 0 Å². The molecular weight excluding hydrogens is 641 g/mol. The zero-order valence-corrected chi connectivity index (χ0v) is 21.9. The molecule has 2 fully saturated rings. The van der Waals surface area contributed by atoms with Gasteiger partial charge >= 0.3 is 173 Å². The summed E-state index contributed by atoms with van der Waals surface area (Å²) in [6.07, 6.45) is 0. The number of halogens is 2. The van der Waals surface area contributed by atoms with E-state index < -0.39 is 17.1 Å². The fourth-order valence-corrected chi connectivity index (χ4v) is 14.4. The SMILES string of the molecule is CN1CCN(Cc2cccc(CN3CCN(C)CC3)[c]2[Bi]([Br])[Br])CC1. The predicted octanol–water partition coefficient (Wildman–Crippen LogP) is 1.67. The van der Waals surface area contributed by atoms with Gasteiger partial charge in [0.25, 0.3) is 0 Å². The summed E-state index contributed by atoms with van der Waals surface area (Å²) < 4.78 is 1.63. The Hall–Kier alpha value is 0.903. The molecule has 2 saturated heterocycles. The van der Waals surface area contributed by atoms with Crippen LogP contribution < -0.4 is 3.27 Å². The van der Waals surface area contributed by atoms with Gasteiger partial charge in [0.2, 0.25) is 0 Å². The third kappa shape index (κ3) is 5.94. The van der Waals surface area contributed by atoms with E-state index in [1.165, 1.54) is 52.4 Å². The quantitative estimate of drug-likeness (QED) is 0.443. The Morgan fingerprint density at radius 1 is 0.760 bits per heavy atom. The first-order chi connectivity index (χ1) is 12.0. The standard InChI is InChI=1S/C18H29N4.Bi.2BrH/c1-19-6-10-21(11-7-19)15-17-4-3-5-18(14-17)16-22-12-8-20(2)9-13-22;;;/h3-5H,6-13,15-16H2,1-2H3;;2*1H/q;+2;;/p-2. The van der Waals surface area contributed by atoms with Crippen LogP contribution in [0.15, 0.2) is 18.2 Å². The minimum atomic E-state index is -1.90. The average molecular weight is 670 g/mol. The van der Waals surface area contributed by atoms with Gasteiger partial charge in [-0.05, 0) is 0 Å². The zero-order valence-electron chi connectivity index (χ0n) is 15.3. The van der Waals surface area contributed by atoms with Crippen LogP contribution in [0.25, 0.3) is 0 Å².